The standard InChI is InChI=1S/C10H17F3O4/c11-10(12,13)17-7-4-2-1-3-5-9(15)16-8-6-14/h14H,1-8H2. The van der Waals surface area contributed by atoms with Crippen LogP contribution in [-0.4, -0.2) is 37.3 Å². The summed E-state index contributed by atoms with van der Waals surface area (Å²) in [5.74, 6) is -0.398. The van der Waals surface area contributed by atoms with Gasteiger partial charge in [0.1, 0.15) is 6.61 Å². The van der Waals surface area contributed by atoms with Crippen LogP contribution >= 0.6 is 0 Å². The van der Waals surface area contributed by atoms with Gasteiger partial charge in [-0.05, 0) is 12.8 Å². The van der Waals surface area contributed by atoms with Crippen molar-refractivity contribution in [3.05, 3.63) is 0 Å². The summed E-state index contributed by atoms with van der Waals surface area (Å²) in [6.07, 6.45) is -2.24. The van der Waals surface area contributed by atoms with Crippen molar-refractivity contribution in [3.8, 4) is 0 Å². The molecule has 1 N–H and O–H groups in total. The van der Waals surface area contributed by atoms with Gasteiger partial charge in [-0.25, -0.2) is 0 Å². The molecule has 0 saturated heterocycles. The van der Waals surface area contributed by atoms with E-state index in [4.69, 9.17) is 5.11 Å². The zero-order valence-electron chi connectivity index (χ0n) is 9.46. The first-order chi connectivity index (χ1) is 7.95. The van der Waals surface area contributed by atoms with Gasteiger partial charge in [-0.2, -0.15) is 0 Å². The van der Waals surface area contributed by atoms with E-state index in [1.54, 1.807) is 0 Å². The number of halogens is 3. The number of esters is 1. The molecular formula is C10H17F3O4. The van der Waals surface area contributed by atoms with Crippen LogP contribution in [0.25, 0.3) is 0 Å². The number of aliphatic hydroxyl groups is 1. The smallest absolute Gasteiger partial charge is 0.463 e. The monoisotopic (exact) mass is 258 g/mol. The van der Waals surface area contributed by atoms with E-state index in [0.29, 0.717) is 25.7 Å². The van der Waals surface area contributed by atoms with Gasteiger partial charge in [-0.1, -0.05) is 12.8 Å². The third kappa shape index (κ3) is 13.1. The number of carbonyl (C=O) groups is 1. The molecule has 7 heteroatoms. The predicted octanol–water partition coefficient (Wildman–Crippen LogP) is 2.01. The Hall–Kier alpha value is -0.820. The maximum atomic E-state index is 11.6. The van der Waals surface area contributed by atoms with Crippen LogP contribution in [0.1, 0.15) is 32.1 Å². The highest BCUT2D eigenvalue weighted by molar-refractivity contribution is 5.69. The molecule has 0 spiro atoms. The van der Waals surface area contributed by atoms with Gasteiger partial charge >= 0.3 is 12.3 Å². The van der Waals surface area contributed by atoms with Gasteiger partial charge in [0.15, 0.2) is 0 Å². The number of hydrogen-bond acceptors (Lipinski definition) is 4. The van der Waals surface area contributed by atoms with Gasteiger partial charge in [0, 0.05) is 6.42 Å². The molecule has 17 heavy (non-hydrogen) atoms. The van der Waals surface area contributed by atoms with Crippen LogP contribution in [0, 0.1) is 0 Å². The number of ether oxygens (including phenoxy) is 2. The zero-order valence-corrected chi connectivity index (χ0v) is 9.46. The fourth-order valence-corrected chi connectivity index (χ4v) is 1.14. The van der Waals surface area contributed by atoms with Crippen LogP contribution in [0.5, 0.6) is 0 Å². The van der Waals surface area contributed by atoms with E-state index in [0.717, 1.165) is 0 Å². The number of aliphatic hydroxyl groups excluding tert-OH is 1. The normalized spacial score (nSPS) is 11.5. The number of rotatable bonds is 9. The lowest BCUT2D eigenvalue weighted by atomic mass is 10.1. The zero-order chi connectivity index (χ0) is 13.1. The van der Waals surface area contributed by atoms with E-state index < -0.39 is 12.3 Å². The molecule has 0 amide bonds. The highest BCUT2D eigenvalue weighted by Crippen LogP contribution is 2.16. The summed E-state index contributed by atoms with van der Waals surface area (Å²) >= 11 is 0. The average Bonchev–Trinajstić information content (AvgIpc) is 2.23. The molecule has 0 bridgehead atoms. The topological polar surface area (TPSA) is 55.8 Å². The second-order valence-corrected chi connectivity index (χ2v) is 3.40. The molecule has 0 aromatic rings. The first kappa shape index (κ1) is 16.2. The molecule has 0 aliphatic rings. The highest BCUT2D eigenvalue weighted by atomic mass is 19.4. The quantitative estimate of drug-likeness (QED) is 0.507. The minimum Gasteiger partial charge on any atom is -0.463 e. The van der Waals surface area contributed by atoms with Crippen molar-refractivity contribution < 1.29 is 32.5 Å². The van der Waals surface area contributed by atoms with Crippen molar-refractivity contribution in [2.75, 3.05) is 19.8 Å². The molecule has 0 atom stereocenters. The number of unbranched alkanes of at least 4 members (excludes halogenated alkanes) is 3. The van der Waals surface area contributed by atoms with Crippen LogP contribution in [0.2, 0.25) is 0 Å². The van der Waals surface area contributed by atoms with Crippen molar-refractivity contribution in [1.82, 2.24) is 0 Å². The first-order valence-electron chi connectivity index (χ1n) is 5.43. The lowest BCUT2D eigenvalue weighted by Crippen LogP contribution is -2.14. The first-order valence-corrected chi connectivity index (χ1v) is 5.43. The molecule has 0 unspecified atom stereocenters. The Morgan fingerprint density at radius 3 is 2.29 bits per heavy atom. The Bertz CT molecular complexity index is 206. The molecule has 0 aliphatic heterocycles. The Kier molecular flexibility index (Phi) is 8.79. The molecular weight excluding hydrogens is 241 g/mol. The lowest BCUT2D eigenvalue weighted by Gasteiger charge is -2.06. The third-order valence-electron chi connectivity index (χ3n) is 1.90. The number of carbonyl (C=O) groups excluding carboxylic acids is 1. The van der Waals surface area contributed by atoms with Crippen molar-refractivity contribution >= 4 is 5.97 Å². The van der Waals surface area contributed by atoms with Gasteiger partial charge in [0.25, 0.3) is 0 Å². The van der Waals surface area contributed by atoms with Gasteiger partial charge < -0.3 is 9.84 Å². The van der Waals surface area contributed by atoms with Crippen LogP contribution in [0.15, 0.2) is 0 Å². The molecule has 0 fully saturated rings. The summed E-state index contributed by atoms with van der Waals surface area (Å²) in [7, 11) is 0. The summed E-state index contributed by atoms with van der Waals surface area (Å²) in [5, 5.41) is 8.37. The number of alkyl halides is 3. The molecule has 0 aliphatic carbocycles. The fraction of sp³-hybridized carbons (Fsp3) is 0.900. The highest BCUT2D eigenvalue weighted by Gasteiger charge is 2.28. The van der Waals surface area contributed by atoms with Crippen LogP contribution in [0.3, 0.4) is 0 Å². The van der Waals surface area contributed by atoms with Crippen molar-refractivity contribution in [2.24, 2.45) is 0 Å². The number of hydrogen-bond donors (Lipinski definition) is 1. The SMILES string of the molecule is O=C(CCCCCCOC(F)(F)F)OCCO. The fourth-order valence-electron chi connectivity index (χ4n) is 1.14. The summed E-state index contributed by atoms with van der Waals surface area (Å²) in [6, 6.07) is 0. The van der Waals surface area contributed by atoms with Crippen LogP contribution in [0.4, 0.5) is 13.2 Å². The van der Waals surface area contributed by atoms with Crippen molar-refractivity contribution in [2.45, 2.75) is 38.5 Å². The molecule has 0 aromatic heterocycles. The predicted molar refractivity (Wildman–Crippen MR) is 53.1 cm³/mol. The van der Waals surface area contributed by atoms with E-state index in [-0.39, 0.29) is 26.2 Å². The summed E-state index contributed by atoms with van der Waals surface area (Å²) < 4.78 is 42.8. The van der Waals surface area contributed by atoms with Gasteiger partial charge in [0.05, 0.1) is 13.2 Å². The minimum atomic E-state index is -4.56. The van der Waals surface area contributed by atoms with E-state index >= 15 is 0 Å². The van der Waals surface area contributed by atoms with E-state index in [1.807, 2.05) is 0 Å². The molecule has 0 radical (unpaired) electrons. The Morgan fingerprint density at radius 2 is 1.71 bits per heavy atom. The van der Waals surface area contributed by atoms with Crippen LogP contribution < -0.4 is 0 Å². The molecule has 0 heterocycles. The van der Waals surface area contributed by atoms with Crippen molar-refractivity contribution in [1.29, 1.82) is 0 Å². The largest absolute Gasteiger partial charge is 0.522 e. The lowest BCUT2D eigenvalue weighted by molar-refractivity contribution is -0.324. The molecule has 0 aromatic carbocycles. The molecule has 0 rings (SSSR count). The summed E-state index contributed by atoms with van der Waals surface area (Å²) in [6.45, 7) is -0.572. The summed E-state index contributed by atoms with van der Waals surface area (Å²) in [4.78, 5) is 10.9. The third-order valence-corrected chi connectivity index (χ3v) is 1.90. The molecule has 102 valence electrons. The molecule has 4 nitrogen and oxygen atoms in total. The van der Waals surface area contributed by atoms with Gasteiger partial charge in [-0.3, -0.25) is 9.53 Å². The Balaban J connectivity index is 3.21. The Morgan fingerprint density at radius 1 is 1.06 bits per heavy atom. The minimum absolute atomic E-state index is 0.0156. The summed E-state index contributed by atoms with van der Waals surface area (Å²) in [5.41, 5.74) is 0. The van der Waals surface area contributed by atoms with E-state index in [9.17, 15) is 18.0 Å². The van der Waals surface area contributed by atoms with Gasteiger partial charge in [-0.15, -0.1) is 13.2 Å². The maximum absolute atomic E-state index is 11.6. The maximum Gasteiger partial charge on any atom is 0.522 e. The van der Waals surface area contributed by atoms with Crippen LogP contribution in [-0.2, 0) is 14.3 Å². The molecule has 0 saturated carbocycles. The van der Waals surface area contributed by atoms with Gasteiger partial charge in [0.2, 0.25) is 0 Å². The Labute approximate surface area is 97.7 Å². The second-order valence-electron chi connectivity index (χ2n) is 3.40. The average molecular weight is 258 g/mol. The van der Waals surface area contributed by atoms with E-state index in [1.165, 1.54) is 0 Å². The van der Waals surface area contributed by atoms with E-state index in [2.05, 4.69) is 9.47 Å². The second kappa shape index (κ2) is 9.23. The van der Waals surface area contributed by atoms with Crippen molar-refractivity contribution in [3.63, 3.8) is 0 Å².